The summed E-state index contributed by atoms with van der Waals surface area (Å²) in [6.07, 6.45) is 0.794. The first kappa shape index (κ1) is 17.5. The fourth-order valence-corrected chi connectivity index (χ4v) is 3.42. The van der Waals surface area contributed by atoms with Crippen LogP contribution in [-0.4, -0.2) is 42.4 Å². The minimum Gasteiger partial charge on any atom is -0.448 e. The van der Waals surface area contributed by atoms with Gasteiger partial charge in [-0.05, 0) is 42.0 Å². The summed E-state index contributed by atoms with van der Waals surface area (Å²) in [6, 6.07) is 16.6. The molecule has 25 heavy (non-hydrogen) atoms. The van der Waals surface area contributed by atoms with E-state index in [1.807, 2.05) is 24.3 Å². The van der Waals surface area contributed by atoms with Crippen LogP contribution in [-0.2, 0) is 4.74 Å². The first-order chi connectivity index (χ1) is 12.1. The number of nitrogens with zero attached hydrogens (tertiary/aromatic N) is 1. The minimum absolute atomic E-state index is 0.0854. The summed E-state index contributed by atoms with van der Waals surface area (Å²) in [5, 5.41) is 9.30. The number of aliphatic hydroxyl groups is 1. The van der Waals surface area contributed by atoms with Crippen molar-refractivity contribution in [3.63, 3.8) is 0 Å². The van der Waals surface area contributed by atoms with Crippen LogP contribution in [0.25, 0.3) is 11.1 Å². The van der Waals surface area contributed by atoms with Gasteiger partial charge in [-0.1, -0.05) is 48.5 Å². The quantitative estimate of drug-likeness (QED) is 0.864. The van der Waals surface area contributed by atoms with Crippen molar-refractivity contribution in [1.82, 2.24) is 4.90 Å². The van der Waals surface area contributed by atoms with Crippen LogP contribution in [0.1, 0.15) is 36.8 Å². The molecule has 0 saturated heterocycles. The van der Waals surface area contributed by atoms with E-state index in [1.54, 1.807) is 18.9 Å². The Morgan fingerprint density at radius 1 is 1.12 bits per heavy atom. The molecule has 2 aromatic carbocycles. The van der Waals surface area contributed by atoms with Gasteiger partial charge < -0.3 is 14.7 Å². The van der Waals surface area contributed by atoms with Gasteiger partial charge >= 0.3 is 6.09 Å². The van der Waals surface area contributed by atoms with E-state index in [-0.39, 0.29) is 18.1 Å². The van der Waals surface area contributed by atoms with Gasteiger partial charge in [0.05, 0.1) is 6.10 Å². The predicted octanol–water partition coefficient (Wildman–Crippen LogP) is 4.03. The number of fused-ring (bicyclic) bond motifs is 3. The van der Waals surface area contributed by atoms with Crippen molar-refractivity contribution in [2.75, 3.05) is 20.2 Å². The van der Waals surface area contributed by atoms with Crippen molar-refractivity contribution < 1.29 is 14.6 Å². The van der Waals surface area contributed by atoms with Crippen molar-refractivity contribution in [3.05, 3.63) is 59.7 Å². The van der Waals surface area contributed by atoms with Gasteiger partial charge in [0.2, 0.25) is 0 Å². The maximum atomic E-state index is 12.2. The Morgan fingerprint density at radius 2 is 1.68 bits per heavy atom. The molecular formula is C21H25NO3. The van der Waals surface area contributed by atoms with Crippen LogP contribution in [0.4, 0.5) is 4.79 Å². The van der Waals surface area contributed by atoms with Crippen molar-refractivity contribution in [1.29, 1.82) is 0 Å². The molecule has 4 nitrogen and oxygen atoms in total. The molecule has 0 spiro atoms. The molecular weight excluding hydrogens is 314 g/mol. The van der Waals surface area contributed by atoms with Crippen LogP contribution in [0.15, 0.2) is 48.5 Å². The zero-order valence-corrected chi connectivity index (χ0v) is 14.8. The van der Waals surface area contributed by atoms with E-state index in [9.17, 15) is 9.90 Å². The first-order valence-corrected chi connectivity index (χ1v) is 8.82. The van der Waals surface area contributed by atoms with E-state index in [0.717, 1.165) is 6.42 Å². The van der Waals surface area contributed by atoms with E-state index < -0.39 is 0 Å². The number of amides is 1. The molecule has 1 aliphatic carbocycles. The molecule has 0 fully saturated rings. The molecule has 0 bridgehead atoms. The topological polar surface area (TPSA) is 49.8 Å². The molecule has 2 aromatic rings. The molecule has 1 amide bonds. The van der Waals surface area contributed by atoms with Gasteiger partial charge in [-0.15, -0.1) is 0 Å². The summed E-state index contributed by atoms with van der Waals surface area (Å²) in [4.78, 5) is 13.8. The fourth-order valence-electron chi connectivity index (χ4n) is 3.42. The highest BCUT2D eigenvalue weighted by Gasteiger charge is 2.29. The highest BCUT2D eigenvalue weighted by molar-refractivity contribution is 5.79. The van der Waals surface area contributed by atoms with E-state index in [0.29, 0.717) is 19.6 Å². The molecule has 0 heterocycles. The Hall–Kier alpha value is -2.33. The molecule has 0 saturated carbocycles. The SMILES string of the molecule is CC(O)CCCN(C)C(=O)OCC1c2ccccc2-c2ccccc21. The van der Waals surface area contributed by atoms with Gasteiger partial charge in [0.25, 0.3) is 0 Å². The average Bonchev–Trinajstić information content (AvgIpc) is 2.93. The second-order valence-corrected chi connectivity index (χ2v) is 6.72. The van der Waals surface area contributed by atoms with E-state index in [4.69, 9.17) is 4.74 Å². The highest BCUT2D eigenvalue weighted by Crippen LogP contribution is 2.44. The Balaban J connectivity index is 1.64. The molecule has 1 aliphatic rings. The lowest BCUT2D eigenvalue weighted by Crippen LogP contribution is -2.30. The zero-order valence-electron chi connectivity index (χ0n) is 14.8. The summed E-state index contributed by atoms with van der Waals surface area (Å²) < 4.78 is 5.58. The van der Waals surface area contributed by atoms with Crippen molar-refractivity contribution in [2.45, 2.75) is 31.8 Å². The van der Waals surface area contributed by atoms with E-state index >= 15 is 0 Å². The molecule has 4 heteroatoms. The summed E-state index contributed by atoms with van der Waals surface area (Å²) >= 11 is 0. The second kappa shape index (κ2) is 7.70. The van der Waals surface area contributed by atoms with Crippen LogP contribution >= 0.6 is 0 Å². The number of carbonyl (C=O) groups is 1. The number of benzene rings is 2. The summed E-state index contributed by atoms with van der Waals surface area (Å²) in [5.41, 5.74) is 4.88. The molecule has 0 radical (unpaired) electrons. The van der Waals surface area contributed by atoms with Gasteiger partial charge in [-0.2, -0.15) is 0 Å². The largest absolute Gasteiger partial charge is 0.448 e. The van der Waals surface area contributed by atoms with Gasteiger partial charge in [0.1, 0.15) is 6.61 Å². The first-order valence-electron chi connectivity index (χ1n) is 8.82. The Morgan fingerprint density at radius 3 is 2.24 bits per heavy atom. The number of ether oxygens (including phenoxy) is 1. The van der Waals surface area contributed by atoms with Crippen molar-refractivity contribution in [3.8, 4) is 11.1 Å². The fraction of sp³-hybridized carbons (Fsp3) is 0.381. The van der Waals surface area contributed by atoms with Gasteiger partial charge in [-0.3, -0.25) is 0 Å². The summed E-state index contributed by atoms with van der Waals surface area (Å²) in [6.45, 7) is 2.68. The molecule has 0 aliphatic heterocycles. The lowest BCUT2D eigenvalue weighted by atomic mass is 9.98. The monoisotopic (exact) mass is 339 g/mol. The van der Waals surface area contributed by atoms with E-state index in [1.165, 1.54) is 22.3 Å². The standard InChI is InChI=1S/C21H25NO3/c1-15(23)8-7-13-22(2)21(24)25-14-20-18-11-5-3-9-16(18)17-10-4-6-12-19(17)20/h3-6,9-12,15,20,23H,7-8,13-14H2,1-2H3. The van der Waals surface area contributed by atoms with Gasteiger partial charge in [-0.25, -0.2) is 4.79 Å². The number of carbonyl (C=O) groups excluding carboxylic acids is 1. The van der Waals surface area contributed by atoms with Crippen molar-refractivity contribution in [2.24, 2.45) is 0 Å². The van der Waals surface area contributed by atoms with Crippen LogP contribution < -0.4 is 0 Å². The molecule has 132 valence electrons. The summed E-state index contributed by atoms with van der Waals surface area (Å²) in [7, 11) is 1.74. The number of aliphatic hydroxyl groups excluding tert-OH is 1. The van der Waals surface area contributed by atoms with E-state index in [2.05, 4.69) is 24.3 Å². The van der Waals surface area contributed by atoms with Crippen LogP contribution in [0, 0.1) is 0 Å². The van der Waals surface area contributed by atoms with Gasteiger partial charge in [0, 0.05) is 19.5 Å². The number of rotatable bonds is 6. The molecule has 1 unspecified atom stereocenters. The average molecular weight is 339 g/mol. The van der Waals surface area contributed by atoms with Crippen LogP contribution in [0.2, 0.25) is 0 Å². The third-order valence-electron chi connectivity index (χ3n) is 4.76. The Kier molecular flexibility index (Phi) is 5.39. The maximum Gasteiger partial charge on any atom is 0.409 e. The molecule has 3 rings (SSSR count). The molecule has 1 atom stereocenters. The Bertz CT molecular complexity index is 696. The number of hydrogen-bond donors (Lipinski definition) is 1. The maximum absolute atomic E-state index is 12.2. The zero-order chi connectivity index (χ0) is 17.8. The lowest BCUT2D eigenvalue weighted by Gasteiger charge is -2.20. The second-order valence-electron chi connectivity index (χ2n) is 6.72. The third kappa shape index (κ3) is 3.85. The highest BCUT2D eigenvalue weighted by atomic mass is 16.6. The Labute approximate surface area is 149 Å². The molecule has 1 N–H and O–H groups in total. The normalized spacial score (nSPS) is 13.9. The smallest absolute Gasteiger partial charge is 0.409 e. The lowest BCUT2D eigenvalue weighted by molar-refractivity contribution is 0.105. The van der Waals surface area contributed by atoms with Crippen LogP contribution in [0.5, 0.6) is 0 Å². The number of hydrogen-bond acceptors (Lipinski definition) is 3. The minimum atomic E-state index is -0.337. The van der Waals surface area contributed by atoms with Crippen LogP contribution in [0.3, 0.4) is 0 Å². The summed E-state index contributed by atoms with van der Waals surface area (Å²) in [5.74, 6) is 0.0854. The molecule has 0 aromatic heterocycles. The van der Waals surface area contributed by atoms with Gasteiger partial charge in [0.15, 0.2) is 0 Å². The van der Waals surface area contributed by atoms with Crippen molar-refractivity contribution >= 4 is 6.09 Å². The third-order valence-corrected chi connectivity index (χ3v) is 4.76. The predicted molar refractivity (Wildman–Crippen MR) is 98.6 cm³/mol.